The summed E-state index contributed by atoms with van der Waals surface area (Å²) in [5.74, 6) is 0. The number of para-hydroxylation sites is 7. The van der Waals surface area contributed by atoms with E-state index in [1.807, 2.05) is 0 Å². The third kappa shape index (κ3) is 9.17. The summed E-state index contributed by atoms with van der Waals surface area (Å²) in [7, 11) is 6.49. The minimum Gasteiger partial charge on any atom is -0.344 e. The van der Waals surface area contributed by atoms with Crippen molar-refractivity contribution in [1.82, 2.24) is 27.4 Å². The van der Waals surface area contributed by atoms with Gasteiger partial charge in [-0.15, -0.1) is 0 Å². The third-order valence-corrected chi connectivity index (χ3v) is 20.8. The molecule has 0 N–H and O–H groups in total. The Hall–Kier alpha value is -12.9. The number of hydrogen-bond donors (Lipinski definition) is 0. The standard InChI is InChI=1S/C37H26N2.C31H22N2.C25H18N2/c1-38-34-16-7-5-14-30(34)32-23-33-31-15-6-8-17-35(31)39(37(33)24-36(32)38)29-13-9-12-28(22-29)27-20-18-26(19-21-27)25-10-3-2-4-11-25;1-32-26-13-7-5-11-24(26)30-28(32)19-20-29-31(30)25-12-6-8-14-27(25)33(29)23-17-15-22(16-18-23)21-9-3-2-4-10-21;1-26-20-13-7-5-11-18(20)24-22(26)15-16-23-25(24)19-12-6-8-14-21(19)27(23)17-9-3-2-4-10-17/h2-24H,1H3;2-20H,1H3;2-16H,1H3. The molecular formula is C93H66N6. The van der Waals surface area contributed by atoms with Crippen LogP contribution in [-0.2, 0) is 21.1 Å². The minimum absolute atomic E-state index is 1.17. The largest absolute Gasteiger partial charge is 0.344 e. The molecule has 0 spiro atoms. The van der Waals surface area contributed by atoms with Crippen molar-refractivity contribution < 1.29 is 0 Å². The number of rotatable bonds is 6. The molecule has 6 heterocycles. The fraction of sp³-hybridized carbons (Fsp3) is 0.0323. The van der Waals surface area contributed by atoms with Crippen LogP contribution in [0.15, 0.2) is 346 Å². The van der Waals surface area contributed by atoms with Gasteiger partial charge in [-0.05, 0) is 143 Å². The topological polar surface area (TPSA) is 29.6 Å². The van der Waals surface area contributed by atoms with Crippen molar-refractivity contribution >= 4 is 131 Å². The maximum Gasteiger partial charge on any atom is 0.0562 e. The molecule has 0 radical (unpaired) electrons. The van der Waals surface area contributed by atoms with Crippen molar-refractivity contribution in [3.8, 4) is 50.4 Å². The fourth-order valence-corrected chi connectivity index (χ4v) is 16.2. The highest BCUT2D eigenvalue weighted by Crippen LogP contribution is 2.44. The first-order valence-electron chi connectivity index (χ1n) is 34.1. The predicted octanol–water partition coefficient (Wildman–Crippen LogP) is 24.3. The van der Waals surface area contributed by atoms with Crippen LogP contribution >= 0.6 is 0 Å². The maximum atomic E-state index is 2.42. The van der Waals surface area contributed by atoms with Crippen molar-refractivity contribution in [2.24, 2.45) is 21.1 Å². The lowest BCUT2D eigenvalue weighted by Crippen LogP contribution is -1.95. The lowest BCUT2D eigenvalue weighted by atomic mass is 10.00. The molecule has 0 aliphatic heterocycles. The second-order valence-electron chi connectivity index (χ2n) is 26.1. The molecule has 99 heavy (non-hydrogen) atoms. The number of nitrogens with zero attached hydrogens (tertiary/aromatic N) is 6. The van der Waals surface area contributed by atoms with Gasteiger partial charge in [0.1, 0.15) is 0 Å². The molecule has 21 aromatic rings. The highest BCUT2D eigenvalue weighted by Gasteiger charge is 2.22. The minimum atomic E-state index is 1.17. The molecule has 15 aromatic carbocycles. The smallest absolute Gasteiger partial charge is 0.0562 e. The van der Waals surface area contributed by atoms with E-state index in [-0.39, 0.29) is 0 Å². The summed E-state index contributed by atoms with van der Waals surface area (Å²) in [4.78, 5) is 0. The highest BCUT2D eigenvalue weighted by molar-refractivity contribution is 6.30. The fourth-order valence-electron chi connectivity index (χ4n) is 16.2. The Labute approximate surface area is 572 Å². The first kappa shape index (κ1) is 57.5. The summed E-state index contributed by atoms with van der Waals surface area (Å²) in [6.07, 6.45) is 0. The molecule has 0 unspecified atom stereocenters. The Kier molecular flexibility index (Phi) is 13.5. The summed E-state index contributed by atoms with van der Waals surface area (Å²) in [5, 5.41) is 15.7. The normalized spacial score (nSPS) is 11.8. The number of aromatic nitrogens is 6. The van der Waals surface area contributed by atoms with Crippen molar-refractivity contribution in [1.29, 1.82) is 0 Å². The van der Waals surface area contributed by atoms with E-state index in [0.29, 0.717) is 0 Å². The molecular weight excluding hydrogens is 1200 g/mol. The van der Waals surface area contributed by atoms with Gasteiger partial charge in [-0.25, -0.2) is 0 Å². The molecule has 0 aliphatic carbocycles. The van der Waals surface area contributed by atoms with Crippen LogP contribution in [0.25, 0.3) is 181 Å². The van der Waals surface area contributed by atoms with E-state index in [4.69, 9.17) is 0 Å². The van der Waals surface area contributed by atoms with Crippen LogP contribution in [0.2, 0.25) is 0 Å². The number of fused-ring (bicyclic) bond motifs is 20. The summed E-state index contributed by atoms with van der Waals surface area (Å²) in [5.41, 5.74) is 26.0. The molecule has 0 saturated heterocycles. The van der Waals surface area contributed by atoms with Gasteiger partial charge in [-0.1, -0.05) is 237 Å². The molecule has 0 atom stereocenters. The zero-order chi connectivity index (χ0) is 65.8. The van der Waals surface area contributed by atoms with Crippen LogP contribution in [0, 0.1) is 0 Å². The number of benzene rings is 15. The second-order valence-corrected chi connectivity index (χ2v) is 26.1. The van der Waals surface area contributed by atoms with E-state index in [1.165, 1.54) is 181 Å². The Bertz CT molecular complexity index is 6710. The Morgan fingerprint density at radius 3 is 0.939 bits per heavy atom. The quantitative estimate of drug-likeness (QED) is 0.159. The Morgan fingerprint density at radius 2 is 0.444 bits per heavy atom. The molecule has 468 valence electrons. The van der Waals surface area contributed by atoms with Crippen LogP contribution < -0.4 is 0 Å². The summed E-state index contributed by atoms with van der Waals surface area (Å²) < 4.78 is 14.1. The summed E-state index contributed by atoms with van der Waals surface area (Å²) in [6, 6.07) is 125. The SMILES string of the molecule is Cn1c2ccccc2c2c3c4ccccc4n(-c4ccc(-c5ccccc5)cc4)c3ccc21.Cn1c2ccccc2c2c3c4ccccc4n(-c4ccccc4)c3ccc21.Cn1c2ccccc2c2cc3c4ccccc4n(-c4cccc(-c5ccc(-c6ccccc6)cc5)c4)c3cc21. The van der Waals surface area contributed by atoms with E-state index < -0.39 is 0 Å². The molecule has 0 saturated carbocycles. The average Bonchev–Trinajstić information content (AvgIpc) is 1.56. The zero-order valence-electron chi connectivity index (χ0n) is 55.1. The van der Waals surface area contributed by atoms with E-state index in [1.54, 1.807) is 0 Å². The highest BCUT2D eigenvalue weighted by atomic mass is 15.0. The summed E-state index contributed by atoms with van der Waals surface area (Å²) in [6.45, 7) is 0. The van der Waals surface area contributed by atoms with E-state index in [2.05, 4.69) is 394 Å². The average molecular weight is 1270 g/mol. The number of aryl methyl sites for hydroxylation is 3. The van der Waals surface area contributed by atoms with Crippen LogP contribution in [0.4, 0.5) is 0 Å². The monoisotopic (exact) mass is 1270 g/mol. The van der Waals surface area contributed by atoms with Crippen molar-refractivity contribution in [3.63, 3.8) is 0 Å². The summed E-state index contributed by atoms with van der Waals surface area (Å²) >= 11 is 0. The van der Waals surface area contributed by atoms with Crippen molar-refractivity contribution in [3.05, 3.63) is 346 Å². The molecule has 6 nitrogen and oxygen atoms in total. The van der Waals surface area contributed by atoms with Crippen LogP contribution in [0.5, 0.6) is 0 Å². The van der Waals surface area contributed by atoms with Gasteiger partial charge in [-0.3, -0.25) is 0 Å². The van der Waals surface area contributed by atoms with Gasteiger partial charge in [0.2, 0.25) is 0 Å². The second kappa shape index (κ2) is 23.2. The first-order valence-corrected chi connectivity index (χ1v) is 34.1. The molecule has 0 fully saturated rings. The molecule has 6 aromatic heterocycles. The third-order valence-electron chi connectivity index (χ3n) is 20.8. The van der Waals surface area contributed by atoms with Crippen LogP contribution in [0.3, 0.4) is 0 Å². The van der Waals surface area contributed by atoms with Gasteiger partial charge in [0.05, 0.1) is 38.6 Å². The molecule has 0 bridgehead atoms. The maximum absolute atomic E-state index is 2.42. The Balaban J connectivity index is 0.000000105. The number of hydrogen-bond acceptors (Lipinski definition) is 0. The molecule has 0 aliphatic rings. The molecule has 21 rings (SSSR count). The molecule has 6 heteroatoms. The van der Waals surface area contributed by atoms with E-state index in [9.17, 15) is 0 Å². The van der Waals surface area contributed by atoms with Crippen molar-refractivity contribution in [2.75, 3.05) is 0 Å². The van der Waals surface area contributed by atoms with Gasteiger partial charge in [0.25, 0.3) is 0 Å². The molecule has 0 amide bonds. The van der Waals surface area contributed by atoms with Crippen LogP contribution in [0.1, 0.15) is 0 Å². The van der Waals surface area contributed by atoms with Crippen LogP contribution in [-0.4, -0.2) is 27.4 Å². The van der Waals surface area contributed by atoms with Gasteiger partial charge in [0, 0.05) is 130 Å². The van der Waals surface area contributed by atoms with Gasteiger partial charge < -0.3 is 27.4 Å². The zero-order valence-corrected chi connectivity index (χ0v) is 55.1. The van der Waals surface area contributed by atoms with E-state index in [0.717, 1.165) is 0 Å². The Morgan fingerprint density at radius 1 is 0.152 bits per heavy atom. The van der Waals surface area contributed by atoms with Gasteiger partial charge in [0.15, 0.2) is 0 Å². The van der Waals surface area contributed by atoms with E-state index >= 15 is 0 Å². The predicted molar refractivity (Wildman–Crippen MR) is 421 cm³/mol. The van der Waals surface area contributed by atoms with Gasteiger partial charge >= 0.3 is 0 Å². The van der Waals surface area contributed by atoms with Crippen molar-refractivity contribution in [2.45, 2.75) is 0 Å². The lowest BCUT2D eigenvalue weighted by Gasteiger charge is -2.11. The van der Waals surface area contributed by atoms with Gasteiger partial charge in [-0.2, -0.15) is 0 Å². The lowest BCUT2D eigenvalue weighted by molar-refractivity contribution is 1.01. The first-order chi connectivity index (χ1) is 48.9.